The van der Waals surface area contributed by atoms with Crippen LogP contribution in [0.1, 0.15) is 32.8 Å². The molecule has 0 spiro atoms. The van der Waals surface area contributed by atoms with Crippen LogP contribution in [0.3, 0.4) is 0 Å². The zero-order chi connectivity index (χ0) is 15.2. The molecular weight excluding hydrogens is 254 g/mol. The highest BCUT2D eigenvalue weighted by atomic mass is 16.5. The number of benzene rings is 1. The van der Waals surface area contributed by atoms with E-state index in [4.69, 9.17) is 9.47 Å². The summed E-state index contributed by atoms with van der Waals surface area (Å²) in [7, 11) is 1.76. The van der Waals surface area contributed by atoms with Gasteiger partial charge in [0, 0.05) is 6.42 Å². The maximum Gasteiger partial charge on any atom is 0.326 e. The van der Waals surface area contributed by atoms with Crippen LogP contribution in [0.2, 0.25) is 0 Å². The molecule has 20 heavy (non-hydrogen) atoms. The van der Waals surface area contributed by atoms with Crippen molar-refractivity contribution >= 4 is 5.97 Å². The molecule has 2 atom stereocenters. The maximum atomic E-state index is 12.0. The summed E-state index contributed by atoms with van der Waals surface area (Å²) in [5, 5.41) is 3.03. The molecule has 0 radical (unpaired) electrons. The fourth-order valence-electron chi connectivity index (χ4n) is 2.04. The second-order valence-electron chi connectivity index (χ2n) is 5.25. The molecule has 0 bridgehead atoms. The number of hydrogen-bond donors (Lipinski definition) is 1. The number of hydrogen-bond acceptors (Lipinski definition) is 4. The molecule has 1 N–H and O–H groups in total. The Bertz CT molecular complexity index is 430. The van der Waals surface area contributed by atoms with Crippen LogP contribution in [0.25, 0.3) is 0 Å². The Kier molecular flexibility index (Phi) is 6.02. The zero-order valence-corrected chi connectivity index (χ0v) is 13.0. The van der Waals surface area contributed by atoms with Gasteiger partial charge in [-0.1, -0.05) is 17.7 Å². The normalized spacial score (nSPS) is 15.2. The van der Waals surface area contributed by atoms with Crippen LogP contribution in [-0.4, -0.2) is 31.3 Å². The molecule has 2 unspecified atom stereocenters. The van der Waals surface area contributed by atoms with Gasteiger partial charge in [-0.25, -0.2) is 0 Å². The third-order valence-corrected chi connectivity index (χ3v) is 3.33. The summed E-state index contributed by atoms with van der Waals surface area (Å²) in [5.41, 5.74) is 0.455. The Morgan fingerprint density at radius 1 is 1.35 bits per heavy atom. The topological polar surface area (TPSA) is 47.6 Å². The highest BCUT2D eigenvalue weighted by Crippen LogP contribution is 2.20. The van der Waals surface area contributed by atoms with Gasteiger partial charge in [0.05, 0.1) is 12.7 Å². The maximum absolute atomic E-state index is 12.0. The van der Waals surface area contributed by atoms with Crippen molar-refractivity contribution in [3.8, 4) is 5.75 Å². The van der Waals surface area contributed by atoms with Crippen LogP contribution in [-0.2, 0) is 9.53 Å². The Morgan fingerprint density at radius 2 is 1.95 bits per heavy atom. The molecule has 0 saturated heterocycles. The van der Waals surface area contributed by atoms with E-state index in [9.17, 15) is 4.79 Å². The van der Waals surface area contributed by atoms with Gasteiger partial charge in [0.25, 0.3) is 0 Å². The lowest BCUT2D eigenvalue weighted by atomic mass is 9.95. The van der Waals surface area contributed by atoms with Crippen molar-refractivity contribution in [1.82, 2.24) is 5.32 Å². The molecule has 0 aliphatic rings. The first-order valence-corrected chi connectivity index (χ1v) is 7.00. The van der Waals surface area contributed by atoms with Crippen molar-refractivity contribution in [2.45, 2.75) is 45.8 Å². The molecule has 112 valence electrons. The average molecular weight is 279 g/mol. The van der Waals surface area contributed by atoms with Crippen LogP contribution < -0.4 is 10.1 Å². The summed E-state index contributed by atoms with van der Waals surface area (Å²) < 4.78 is 11.0. The molecule has 0 heterocycles. The minimum atomic E-state index is -0.736. The van der Waals surface area contributed by atoms with E-state index in [2.05, 4.69) is 5.32 Å². The first-order valence-electron chi connectivity index (χ1n) is 7.00. The van der Waals surface area contributed by atoms with Gasteiger partial charge in [0.15, 0.2) is 0 Å². The van der Waals surface area contributed by atoms with Gasteiger partial charge < -0.3 is 14.8 Å². The summed E-state index contributed by atoms with van der Waals surface area (Å²) in [6.07, 6.45) is 0.440. The highest BCUT2D eigenvalue weighted by Gasteiger charge is 2.35. The summed E-state index contributed by atoms with van der Waals surface area (Å²) in [4.78, 5) is 12.0. The van der Waals surface area contributed by atoms with Crippen molar-refractivity contribution in [1.29, 1.82) is 0 Å². The minimum Gasteiger partial charge on any atom is -0.491 e. The van der Waals surface area contributed by atoms with Crippen LogP contribution in [0.5, 0.6) is 5.75 Å². The van der Waals surface area contributed by atoms with Gasteiger partial charge in [-0.2, -0.15) is 0 Å². The summed E-state index contributed by atoms with van der Waals surface area (Å²) in [5.74, 6) is 0.562. The molecule has 0 fully saturated rings. The Labute approximate surface area is 121 Å². The molecule has 0 aromatic heterocycles. The van der Waals surface area contributed by atoms with E-state index in [0.717, 1.165) is 5.75 Å². The van der Waals surface area contributed by atoms with Gasteiger partial charge in [0.1, 0.15) is 11.3 Å². The molecule has 0 aliphatic carbocycles. The smallest absolute Gasteiger partial charge is 0.326 e. The van der Waals surface area contributed by atoms with E-state index in [1.807, 2.05) is 45.0 Å². The first-order chi connectivity index (χ1) is 9.41. The molecule has 0 amide bonds. The lowest BCUT2D eigenvalue weighted by molar-refractivity contribution is -0.151. The minimum absolute atomic E-state index is 0.0976. The van der Waals surface area contributed by atoms with Gasteiger partial charge in [-0.3, -0.25) is 4.79 Å². The monoisotopic (exact) mass is 279 g/mol. The number of rotatable bonds is 7. The predicted molar refractivity (Wildman–Crippen MR) is 80.0 cm³/mol. The van der Waals surface area contributed by atoms with Crippen molar-refractivity contribution < 1.29 is 14.3 Å². The molecule has 4 heteroatoms. The number of carbonyl (C=O) groups excluding carboxylic acids is 1. The predicted octanol–water partition coefficient (Wildman–Crippen LogP) is 2.69. The van der Waals surface area contributed by atoms with Gasteiger partial charge in [-0.05, 0) is 46.9 Å². The second-order valence-corrected chi connectivity index (χ2v) is 5.25. The van der Waals surface area contributed by atoms with Crippen LogP contribution >= 0.6 is 0 Å². The Morgan fingerprint density at radius 3 is 2.45 bits per heavy atom. The number of likely N-dealkylation sites (N-methyl/N-ethyl adjacent to an activating group) is 1. The van der Waals surface area contributed by atoms with E-state index >= 15 is 0 Å². The Balaban J connectivity index is 2.65. The largest absolute Gasteiger partial charge is 0.491 e. The molecule has 0 saturated carbocycles. The van der Waals surface area contributed by atoms with Gasteiger partial charge in [0.2, 0.25) is 0 Å². The quantitative estimate of drug-likeness (QED) is 0.780. The van der Waals surface area contributed by atoms with Crippen molar-refractivity contribution in [3.63, 3.8) is 0 Å². The fourth-order valence-corrected chi connectivity index (χ4v) is 2.04. The Hall–Kier alpha value is -1.55. The van der Waals surface area contributed by atoms with E-state index in [0.29, 0.717) is 13.0 Å². The number of esters is 1. The van der Waals surface area contributed by atoms with Crippen molar-refractivity contribution in [2.24, 2.45) is 0 Å². The molecule has 1 rings (SSSR count). The number of carbonyl (C=O) groups is 1. The second kappa shape index (κ2) is 7.29. The molecule has 1 aromatic rings. The van der Waals surface area contributed by atoms with E-state index < -0.39 is 5.54 Å². The third kappa shape index (κ3) is 4.53. The standard InChI is InChI=1S/C16H25NO3/c1-6-19-15(18)16(4,17-5)11-13(3)20-14-9-7-12(2)8-10-14/h7-10,13,17H,6,11H2,1-5H3. The van der Waals surface area contributed by atoms with Crippen molar-refractivity contribution in [2.75, 3.05) is 13.7 Å². The van der Waals surface area contributed by atoms with E-state index in [-0.39, 0.29) is 12.1 Å². The lowest BCUT2D eigenvalue weighted by Gasteiger charge is -2.29. The summed E-state index contributed by atoms with van der Waals surface area (Å²) >= 11 is 0. The van der Waals surface area contributed by atoms with Gasteiger partial charge in [-0.15, -0.1) is 0 Å². The summed E-state index contributed by atoms with van der Waals surface area (Å²) in [6.45, 7) is 8.00. The first kappa shape index (κ1) is 16.5. The lowest BCUT2D eigenvalue weighted by Crippen LogP contribution is -2.51. The zero-order valence-electron chi connectivity index (χ0n) is 13.0. The average Bonchev–Trinajstić information content (AvgIpc) is 2.41. The molecule has 1 aromatic carbocycles. The molecule has 0 aliphatic heterocycles. The SMILES string of the molecule is CCOC(=O)C(C)(CC(C)Oc1ccc(C)cc1)NC. The number of nitrogens with one attached hydrogen (secondary N) is 1. The van der Waals surface area contributed by atoms with Crippen LogP contribution in [0.4, 0.5) is 0 Å². The molecule has 4 nitrogen and oxygen atoms in total. The number of aryl methyl sites for hydroxylation is 1. The van der Waals surface area contributed by atoms with Gasteiger partial charge >= 0.3 is 5.97 Å². The van der Waals surface area contributed by atoms with Crippen LogP contribution in [0, 0.1) is 6.92 Å². The van der Waals surface area contributed by atoms with E-state index in [1.54, 1.807) is 14.0 Å². The molecular formula is C16H25NO3. The third-order valence-electron chi connectivity index (χ3n) is 3.33. The van der Waals surface area contributed by atoms with E-state index in [1.165, 1.54) is 5.56 Å². The fraction of sp³-hybridized carbons (Fsp3) is 0.562. The van der Waals surface area contributed by atoms with Crippen molar-refractivity contribution in [3.05, 3.63) is 29.8 Å². The summed E-state index contributed by atoms with van der Waals surface area (Å²) in [6, 6.07) is 7.88. The van der Waals surface area contributed by atoms with Crippen LogP contribution in [0.15, 0.2) is 24.3 Å². The highest BCUT2D eigenvalue weighted by molar-refractivity contribution is 5.80. The number of ether oxygens (including phenoxy) is 2.